The molecule has 3 rings (SSSR count). The highest BCUT2D eigenvalue weighted by Gasteiger charge is 2.45. The second-order valence-electron chi connectivity index (χ2n) is 6.09. The Bertz CT molecular complexity index is 550. The fourth-order valence-corrected chi connectivity index (χ4v) is 3.46. The molecule has 2 atom stereocenters. The quantitative estimate of drug-likeness (QED) is 0.842. The molecule has 2 fully saturated rings. The largest absolute Gasteiger partial charge is 0.385 e. The molecule has 20 heavy (non-hydrogen) atoms. The van der Waals surface area contributed by atoms with Gasteiger partial charge in [-0.15, -0.1) is 0 Å². The van der Waals surface area contributed by atoms with Crippen molar-refractivity contribution in [1.29, 1.82) is 5.26 Å². The Morgan fingerprint density at radius 1 is 1.35 bits per heavy atom. The van der Waals surface area contributed by atoms with E-state index in [4.69, 9.17) is 10.00 Å². The highest BCUT2D eigenvalue weighted by atomic mass is 16.5. The minimum atomic E-state index is -0.801. The first-order valence-corrected chi connectivity index (χ1v) is 7.07. The summed E-state index contributed by atoms with van der Waals surface area (Å²) in [5.41, 5.74) is 1.73. The summed E-state index contributed by atoms with van der Waals surface area (Å²) in [4.78, 5) is 2.33. The second-order valence-corrected chi connectivity index (χ2v) is 6.09. The Kier molecular flexibility index (Phi) is 3.29. The van der Waals surface area contributed by atoms with Crippen LogP contribution >= 0.6 is 0 Å². The Morgan fingerprint density at radius 3 is 2.55 bits per heavy atom. The van der Waals surface area contributed by atoms with E-state index >= 15 is 0 Å². The predicted octanol–water partition coefficient (Wildman–Crippen LogP) is 1.55. The number of rotatable bonds is 1. The fraction of sp³-hybridized carbons (Fsp3) is 0.562. The molecule has 2 aliphatic rings. The Balaban J connectivity index is 1.93. The number of morpholine rings is 1. The summed E-state index contributed by atoms with van der Waals surface area (Å²) in [5.74, 6) is 0. The molecule has 2 aliphatic heterocycles. The molecular weight excluding hydrogens is 252 g/mol. The monoisotopic (exact) mass is 272 g/mol. The van der Waals surface area contributed by atoms with Crippen molar-refractivity contribution < 1.29 is 9.84 Å². The molecule has 2 unspecified atom stereocenters. The zero-order valence-electron chi connectivity index (χ0n) is 12.0. The van der Waals surface area contributed by atoms with Crippen molar-refractivity contribution >= 4 is 0 Å². The Hall–Kier alpha value is -1.41. The molecule has 4 nitrogen and oxygen atoms in total. The number of aryl methyl sites for hydroxylation is 1. The molecule has 0 saturated carbocycles. The highest BCUT2D eigenvalue weighted by molar-refractivity contribution is 5.41. The van der Waals surface area contributed by atoms with Crippen LogP contribution in [0.5, 0.6) is 0 Å². The maximum Gasteiger partial charge on any atom is 0.0994 e. The molecule has 0 aromatic heterocycles. The van der Waals surface area contributed by atoms with Gasteiger partial charge >= 0.3 is 0 Å². The molecule has 2 heterocycles. The molecular formula is C16H20N2O2. The van der Waals surface area contributed by atoms with Gasteiger partial charge in [-0.1, -0.05) is 12.1 Å². The van der Waals surface area contributed by atoms with Crippen LogP contribution in [-0.2, 0) is 10.3 Å². The van der Waals surface area contributed by atoms with Gasteiger partial charge in [-0.05, 0) is 44.0 Å². The van der Waals surface area contributed by atoms with Crippen LogP contribution in [-0.4, -0.2) is 42.4 Å². The van der Waals surface area contributed by atoms with E-state index in [9.17, 15) is 5.11 Å². The summed E-state index contributed by atoms with van der Waals surface area (Å²) >= 11 is 0. The van der Waals surface area contributed by atoms with Crippen molar-refractivity contribution in [2.45, 2.75) is 37.5 Å². The van der Waals surface area contributed by atoms with E-state index in [2.05, 4.69) is 18.0 Å². The minimum Gasteiger partial charge on any atom is -0.385 e. The van der Waals surface area contributed by atoms with Gasteiger partial charge < -0.3 is 9.84 Å². The smallest absolute Gasteiger partial charge is 0.0994 e. The van der Waals surface area contributed by atoms with Crippen molar-refractivity contribution in [3.63, 3.8) is 0 Å². The average molecular weight is 272 g/mol. The van der Waals surface area contributed by atoms with Gasteiger partial charge in [-0.2, -0.15) is 5.26 Å². The van der Waals surface area contributed by atoms with Crippen LogP contribution in [0, 0.1) is 18.3 Å². The van der Waals surface area contributed by atoms with E-state index < -0.39 is 5.60 Å². The molecule has 106 valence electrons. The number of aliphatic hydroxyl groups is 1. The third-order valence-electron chi connectivity index (χ3n) is 4.80. The molecule has 1 aromatic rings. The van der Waals surface area contributed by atoms with Gasteiger partial charge in [-0.3, -0.25) is 4.90 Å². The Labute approximate surface area is 119 Å². The lowest BCUT2D eigenvalue weighted by molar-refractivity contribution is -0.137. The van der Waals surface area contributed by atoms with Crippen molar-refractivity contribution in [1.82, 2.24) is 4.90 Å². The Morgan fingerprint density at radius 2 is 2.00 bits per heavy atom. The third kappa shape index (κ3) is 2.12. The van der Waals surface area contributed by atoms with Crippen molar-refractivity contribution in [2.75, 3.05) is 20.3 Å². The summed E-state index contributed by atoms with van der Waals surface area (Å²) in [6, 6.07) is 8.38. The van der Waals surface area contributed by atoms with Crippen molar-refractivity contribution in [3.8, 4) is 6.07 Å². The van der Waals surface area contributed by atoms with Crippen molar-refractivity contribution in [3.05, 3.63) is 34.9 Å². The average Bonchev–Trinajstić information content (AvgIpc) is 2.41. The number of piperidine rings is 1. The number of nitrogens with zero attached hydrogens (tertiary/aromatic N) is 2. The molecule has 4 heteroatoms. The molecule has 0 spiro atoms. The van der Waals surface area contributed by atoms with Crippen LogP contribution in [0.3, 0.4) is 0 Å². The topological polar surface area (TPSA) is 56.5 Å². The second kappa shape index (κ2) is 4.85. The van der Waals surface area contributed by atoms with Gasteiger partial charge in [-0.25, -0.2) is 0 Å². The van der Waals surface area contributed by atoms with Gasteiger partial charge in [0.2, 0.25) is 0 Å². The summed E-state index contributed by atoms with van der Waals surface area (Å²) in [5, 5.41) is 20.1. The normalized spacial score (nSPS) is 33.7. The zero-order valence-corrected chi connectivity index (χ0v) is 12.0. The van der Waals surface area contributed by atoms with E-state index in [-0.39, 0.29) is 12.1 Å². The van der Waals surface area contributed by atoms with Gasteiger partial charge in [0.1, 0.15) is 0 Å². The van der Waals surface area contributed by atoms with Crippen LogP contribution in [0.1, 0.15) is 29.5 Å². The lowest BCUT2D eigenvalue weighted by Gasteiger charge is -2.50. The molecule has 0 amide bonds. The summed E-state index contributed by atoms with van der Waals surface area (Å²) in [6.45, 7) is 3.29. The molecule has 2 bridgehead atoms. The van der Waals surface area contributed by atoms with Gasteiger partial charge in [0.25, 0.3) is 0 Å². The molecule has 2 saturated heterocycles. The summed E-state index contributed by atoms with van der Waals surface area (Å²) in [6.07, 6.45) is 1.37. The maximum atomic E-state index is 11.1. The van der Waals surface area contributed by atoms with Crippen LogP contribution in [0.25, 0.3) is 0 Å². The number of ether oxygens (including phenoxy) is 1. The minimum absolute atomic E-state index is 0.267. The van der Waals surface area contributed by atoms with Crippen LogP contribution in [0.2, 0.25) is 0 Å². The number of hydrogen-bond acceptors (Lipinski definition) is 4. The lowest BCUT2D eigenvalue weighted by Crippen LogP contribution is -2.59. The van der Waals surface area contributed by atoms with E-state index in [1.165, 1.54) is 0 Å². The standard InChI is InChI=1S/C16H20N2O2/c1-11-5-13(4-3-12(11)8-17)16(19)6-14-9-20-10-15(7-16)18(14)2/h3-5,14-15,19H,6-7,9-10H2,1-2H3. The maximum absolute atomic E-state index is 11.1. The van der Waals surface area contributed by atoms with E-state index in [1.807, 2.05) is 25.1 Å². The highest BCUT2D eigenvalue weighted by Crippen LogP contribution is 2.40. The molecule has 1 aromatic carbocycles. The third-order valence-corrected chi connectivity index (χ3v) is 4.80. The van der Waals surface area contributed by atoms with Gasteiger partial charge in [0.15, 0.2) is 0 Å². The fourth-order valence-electron chi connectivity index (χ4n) is 3.46. The van der Waals surface area contributed by atoms with Crippen LogP contribution in [0.4, 0.5) is 0 Å². The van der Waals surface area contributed by atoms with Gasteiger partial charge in [0, 0.05) is 12.1 Å². The molecule has 0 aliphatic carbocycles. The summed E-state index contributed by atoms with van der Waals surface area (Å²) < 4.78 is 5.60. The van der Waals surface area contributed by atoms with Crippen molar-refractivity contribution in [2.24, 2.45) is 0 Å². The first-order chi connectivity index (χ1) is 9.53. The summed E-state index contributed by atoms with van der Waals surface area (Å²) in [7, 11) is 2.11. The molecule has 1 N–H and O–H groups in total. The number of likely N-dealkylation sites (N-methyl/N-ethyl adjacent to an activating group) is 1. The number of nitriles is 1. The first kappa shape index (κ1) is 13.6. The van der Waals surface area contributed by atoms with Crippen LogP contribution < -0.4 is 0 Å². The lowest BCUT2D eigenvalue weighted by atomic mass is 9.76. The SMILES string of the molecule is Cc1cc(C2(O)CC3COCC(C2)N3C)ccc1C#N. The number of benzene rings is 1. The van der Waals surface area contributed by atoms with Crippen LogP contribution in [0.15, 0.2) is 18.2 Å². The predicted molar refractivity (Wildman–Crippen MR) is 75.2 cm³/mol. The number of fused-ring (bicyclic) bond motifs is 2. The van der Waals surface area contributed by atoms with E-state index in [0.717, 1.165) is 11.1 Å². The zero-order chi connectivity index (χ0) is 14.3. The van der Waals surface area contributed by atoms with Gasteiger partial charge in [0.05, 0.1) is 30.4 Å². The molecule has 0 radical (unpaired) electrons. The first-order valence-electron chi connectivity index (χ1n) is 7.07. The van der Waals surface area contributed by atoms with E-state index in [0.29, 0.717) is 31.6 Å². The van der Waals surface area contributed by atoms with E-state index in [1.54, 1.807) is 0 Å². The number of hydrogen-bond donors (Lipinski definition) is 1.